The molecule has 2 aromatic rings. The first-order valence-electron chi connectivity index (χ1n) is 7.40. The Balaban J connectivity index is 2.16. The molecular weight excluding hydrogens is 420 g/mol. The quantitative estimate of drug-likeness (QED) is 0.668. The van der Waals surface area contributed by atoms with Crippen LogP contribution in [-0.2, 0) is 11.2 Å². The molecule has 1 aliphatic heterocycles. The lowest BCUT2D eigenvalue weighted by Crippen LogP contribution is -2.14. The lowest BCUT2D eigenvalue weighted by Gasteiger charge is -2.07. The van der Waals surface area contributed by atoms with Gasteiger partial charge in [-0.15, -0.1) is 0 Å². The number of amides is 1. The standard InChI is InChI=1S/C18H16Br2N2O/c1-4-11-7-12(19)8-14-16(11)22-18(23)17(14)21-13-5-9(2)15(20)10(3)6-13/h5-8H,4H2,1-3H3,(H,21,22,23). The lowest BCUT2D eigenvalue weighted by molar-refractivity contribution is -0.110. The Labute approximate surface area is 152 Å². The maximum Gasteiger partial charge on any atom is 0.275 e. The van der Waals surface area contributed by atoms with Crippen molar-refractivity contribution in [3.8, 4) is 0 Å². The first-order valence-corrected chi connectivity index (χ1v) is 8.99. The van der Waals surface area contributed by atoms with Crippen LogP contribution in [0.2, 0.25) is 0 Å². The fourth-order valence-electron chi connectivity index (χ4n) is 2.80. The summed E-state index contributed by atoms with van der Waals surface area (Å²) in [4.78, 5) is 17.0. The molecule has 1 amide bonds. The van der Waals surface area contributed by atoms with E-state index in [4.69, 9.17) is 0 Å². The maximum absolute atomic E-state index is 12.4. The Bertz CT molecular complexity index is 833. The molecule has 1 N–H and O–H groups in total. The van der Waals surface area contributed by atoms with Gasteiger partial charge in [0.2, 0.25) is 0 Å². The van der Waals surface area contributed by atoms with E-state index in [0.717, 1.165) is 49.0 Å². The van der Waals surface area contributed by atoms with Crippen LogP contribution in [0.25, 0.3) is 0 Å². The molecule has 2 aromatic carbocycles. The number of benzene rings is 2. The Morgan fingerprint density at radius 1 is 1.09 bits per heavy atom. The molecule has 0 fully saturated rings. The maximum atomic E-state index is 12.4. The lowest BCUT2D eigenvalue weighted by atomic mass is 10.0. The molecule has 0 saturated carbocycles. The van der Waals surface area contributed by atoms with Crippen LogP contribution in [0.15, 0.2) is 38.2 Å². The second-order valence-electron chi connectivity index (χ2n) is 5.65. The van der Waals surface area contributed by atoms with Crippen molar-refractivity contribution in [1.82, 2.24) is 0 Å². The van der Waals surface area contributed by atoms with Crippen molar-refractivity contribution in [2.24, 2.45) is 4.99 Å². The minimum absolute atomic E-state index is 0.147. The highest BCUT2D eigenvalue weighted by atomic mass is 79.9. The predicted molar refractivity (Wildman–Crippen MR) is 102 cm³/mol. The summed E-state index contributed by atoms with van der Waals surface area (Å²) in [6, 6.07) is 7.95. The van der Waals surface area contributed by atoms with Crippen molar-refractivity contribution in [2.75, 3.05) is 5.32 Å². The van der Waals surface area contributed by atoms with E-state index in [1.165, 1.54) is 0 Å². The molecule has 0 spiro atoms. The number of aryl methyl sites for hydroxylation is 3. The second kappa shape index (κ2) is 6.21. The van der Waals surface area contributed by atoms with E-state index in [2.05, 4.69) is 49.1 Å². The average Bonchev–Trinajstić information content (AvgIpc) is 2.80. The molecule has 23 heavy (non-hydrogen) atoms. The highest BCUT2D eigenvalue weighted by Gasteiger charge is 2.28. The number of carbonyl (C=O) groups excluding carboxylic acids is 1. The average molecular weight is 436 g/mol. The number of hydrogen-bond donors (Lipinski definition) is 1. The van der Waals surface area contributed by atoms with Gasteiger partial charge in [-0.1, -0.05) is 38.8 Å². The molecule has 1 heterocycles. The first kappa shape index (κ1) is 16.4. The van der Waals surface area contributed by atoms with E-state index in [9.17, 15) is 4.79 Å². The van der Waals surface area contributed by atoms with Crippen molar-refractivity contribution in [2.45, 2.75) is 27.2 Å². The fraction of sp³-hybridized carbons (Fsp3) is 0.222. The van der Waals surface area contributed by atoms with Crippen LogP contribution < -0.4 is 5.32 Å². The van der Waals surface area contributed by atoms with Crippen LogP contribution in [0.3, 0.4) is 0 Å². The zero-order chi connectivity index (χ0) is 16.7. The zero-order valence-corrected chi connectivity index (χ0v) is 16.3. The van der Waals surface area contributed by atoms with E-state index in [1.807, 2.05) is 38.1 Å². The number of rotatable bonds is 2. The SMILES string of the molecule is CCc1cc(Br)cc2c1NC(=O)C2=Nc1cc(C)c(Br)c(C)c1. The van der Waals surface area contributed by atoms with Crippen LogP contribution in [0.1, 0.15) is 29.2 Å². The van der Waals surface area contributed by atoms with Crippen molar-refractivity contribution in [1.29, 1.82) is 0 Å². The summed E-state index contributed by atoms with van der Waals surface area (Å²) >= 11 is 7.08. The second-order valence-corrected chi connectivity index (χ2v) is 7.36. The molecule has 0 aromatic heterocycles. The number of halogens is 2. The normalized spacial score (nSPS) is 15.0. The van der Waals surface area contributed by atoms with Gasteiger partial charge in [0.05, 0.1) is 11.4 Å². The summed E-state index contributed by atoms with van der Waals surface area (Å²) in [5.41, 5.74) is 6.31. The number of aliphatic imine (C=N–C) groups is 1. The summed E-state index contributed by atoms with van der Waals surface area (Å²) in [6.07, 6.45) is 0.853. The van der Waals surface area contributed by atoms with Gasteiger partial charge in [0.25, 0.3) is 5.91 Å². The largest absolute Gasteiger partial charge is 0.320 e. The number of anilines is 1. The third-order valence-corrected chi connectivity index (χ3v) is 5.65. The molecule has 3 nitrogen and oxygen atoms in total. The van der Waals surface area contributed by atoms with E-state index < -0.39 is 0 Å². The molecule has 0 atom stereocenters. The molecule has 0 bridgehead atoms. The summed E-state index contributed by atoms with van der Waals surface area (Å²) in [6.45, 7) is 6.12. The third kappa shape index (κ3) is 3.00. The fourth-order valence-corrected chi connectivity index (χ4v) is 3.53. The van der Waals surface area contributed by atoms with E-state index in [1.54, 1.807) is 0 Å². The molecular formula is C18H16Br2N2O. The number of nitrogens with zero attached hydrogens (tertiary/aromatic N) is 1. The number of nitrogens with one attached hydrogen (secondary N) is 1. The van der Waals surface area contributed by atoms with Crippen molar-refractivity contribution in [3.63, 3.8) is 0 Å². The molecule has 0 unspecified atom stereocenters. The molecule has 0 saturated heterocycles. The Morgan fingerprint density at radius 2 is 1.74 bits per heavy atom. The molecule has 118 valence electrons. The van der Waals surface area contributed by atoms with Gasteiger partial charge in [0.15, 0.2) is 0 Å². The van der Waals surface area contributed by atoms with Crippen molar-refractivity contribution < 1.29 is 4.79 Å². The monoisotopic (exact) mass is 434 g/mol. The van der Waals surface area contributed by atoms with Gasteiger partial charge in [-0.05, 0) is 61.2 Å². The van der Waals surface area contributed by atoms with Gasteiger partial charge in [-0.2, -0.15) is 0 Å². The summed E-state index contributed by atoms with van der Waals surface area (Å²) in [5, 5.41) is 2.96. The van der Waals surface area contributed by atoms with Crippen LogP contribution in [0.5, 0.6) is 0 Å². The Hall–Kier alpha value is -1.46. The molecule has 1 aliphatic rings. The molecule has 5 heteroatoms. The van der Waals surface area contributed by atoms with Crippen LogP contribution in [0, 0.1) is 13.8 Å². The molecule has 0 aliphatic carbocycles. The topological polar surface area (TPSA) is 41.5 Å². The van der Waals surface area contributed by atoms with Gasteiger partial charge in [-0.25, -0.2) is 4.99 Å². The summed E-state index contributed by atoms with van der Waals surface area (Å²) in [7, 11) is 0. The first-order chi connectivity index (χ1) is 10.9. The minimum atomic E-state index is -0.147. The minimum Gasteiger partial charge on any atom is -0.320 e. The summed E-state index contributed by atoms with van der Waals surface area (Å²) in [5.74, 6) is -0.147. The van der Waals surface area contributed by atoms with E-state index in [-0.39, 0.29) is 5.91 Å². The van der Waals surface area contributed by atoms with Gasteiger partial charge < -0.3 is 5.32 Å². The molecule has 0 radical (unpaired) electrons. The Morgan fingerprint density at radius 3 is 2.35 bits per heavy atom. The highest BCUT2D eigenvalue weighted by Crippen LogP contribution is 2.34. The van der Waals surface area contributed by atoms with Crippen LogP contribution in [0.4, 0.5) is 11.4 Å². The molecule has 3 rings (SSSR count). The highest BCUT2D eigenvalue weighted by molar-refractivity contribution is 9.10. The Kier molecular flexibility index (Phi) is 4.43. The van der Waals surface area contributed by atoms with Gasteiger partial charge >= 0.3 is 0 Å². The van der Waals surface area contributed by atoms with Gasteiger partial charge in [-0.3, -0.25) is 4.79 Å². The number of fused-ring (bicyclic) bond motifs is 1. The zero-order valence-electron chi connectivity index (χ0n) is 13.1. The van der Waals surface area contributed by atoms with Crippen LogP contribution >= 0.6 is 31.9 Å². The van der Waals surface area contributed by atoms with Gasteiger partial charge in [0, 0.05) is 14.5 Å². The number of hydrogen-bond acceptors (Lipinski definition) is 2. The van der Waals surface area contributed by atoms with Gasteiger partial charge in [0.1, 0.15) is 5.71 Å². The van der Waals surface area contributed by atoms with Crippen molar-refractivity contribution in [3.05, 3.63) is 55.5 Å². The summed E-state index contributed by atoms with van der Waals surface area (Å²) < 4.78 is 2.04. The predicted octanol–water partition coefficient (Wildman–Crippen LogP) is 5.46. The van der Waals surface area contributed by atoms with E-state index in [0.29, 0.717) is 5.71 Å². The number of carbonyl (C=O) groups is 1. The van der Waals surface area contributed by atoms with E-state index >= 15 is 0 Å². The smallest absolute Gasteiger partial charge is 0.275 e. The van der Waals surface area contributed by atoms with Crippen molar-refractivity contribution >= 4 is 54.9 Å². The third-order valence-electron chi connectivity index (χ3n) is 3.94. The van der Waals surface area contributed by atoms with Crippen LogP contribution in [-0.4, -0.2) is 11.6 Å².